The number of rotatable bonds is 2. The van der Waals surface area contributed by atoms with Gasteiger partial charge in [0, 0.05) is 12.1 Å². The van der Waals surface area contributed by atoms with Crippen LogP contribution in [0.2, 0.25) is 0 Å². The SMILES string of the molecule is CC(C(N)=S)N1CCOCC1(C)C. The predicted molar refractivity (Wildman–Crippen MR) is 57.9 cm³/mol. The molecule has 0 saturated carbocycles. The number of hydrogen-bond acceptors (Lipinski definition) is 3. The second-order valence-electron chi connectivity index (χ2n) is 4.14. The van der Waals surface area contributed by atoms with E-state index in [9.17, 15) is 0 Å². The van der Waals surface area contributed by atoms with Crippen molar-refractivity contribution in [3.63, 3.8) is 0 Å². The molecule has 1 unspecified atom stereocenters. The van der Waals surface area contributed by atoms with Crippen molar-refractivity contribution in [2.45, 2.75) is 32.4 Å². The van der Waals surface area contributed by atoms with E-state index in [1.54, 1.807) is 0 Å². The molecular formula is C9H18N2OS. The highest BCUT2D eigenvalue weighted by Crippen LogP contribution is 2.21. The largest absolute Gasteiger partial charge is 0.392 e. The van der Waals surface area contributed by atoms with Crippen LogP contribution in [0.25, 0.3) is 0 Å². The van der Waals surface area contributed by atoms with E-state index in [-0.39, 0.29) is 11.6 Å². The lowest BCUT2D eigenvalue weighted by molar-refractivity contribution is -0.0573. The molecule has 1 saturated heterocycles. The third kappa shape index (κ3) is 2.39. The highest BCUT2D eigenvalue weighted by molar-refractivity contribution is 7.80. The van der Waals surface area contributed by atoms with Gasteiger partial charge in [-0.05, 0) is 20.8 Å². The maximum absolute atomic E-state index is 5.64. The summed E-state index contributed by atoms with van der Waals surface area (Å²) < 4.78 is 5.42. The molecule has 0 bridgehead atoms. The fourth-order valence-electron chi connectivity index (χ4n) is 1.74. The fourth-order valence-corrected chi connectivity index (χ4v) is 1.87. The van der Waals surface area contributed by atoms with Crippen molar-refractivity contribution in [2.75, 3.05) is 19.8 Å². The quantitative estimate of drug-likeness (QED) is 0.671. The van der Waals surface area contributed by atoms with E-state index in [1.165, 1.54) is 0 Å². The molecule has 0 radical (unpaired) electrons. The minimum atomic E-state index is 0.0428. The molecule has 13 heavy (non-hydrogen) atoms. The van der Waals surface area contributed by atoms with Gasteiger partial charge in [-0.15, -0.1) is 0 Å². The molecule has 4 heteroatoms. The number of hydrogen-bond donors (Lipinski definition) is 1. The van der Waals surface area contributed by atoms with Gasteiger partial charge in [0.2, 0.25) is 0 Å². The van der Waals surface area contributed by atoms with Crippen LogP contribution in [0.4, 0.5) is 0 Å². The summed E-state index contributed by atoms with van der Waals surface area (Å²) in [4.78, 5) is 2.87. The Morgan fingerprint density at radius 3 is 2.69 bits per heavy atom. The third-order valence-corrected chi connectivity index (χ3v) is 2.93. The zero-order valence-corrected chi connectivity index (χ0v) is 9.36. The lowest BCUT2D eigenvalue weighted by Gasteiger charge is -2.45. The first-order valence-corrected chi connectivity index (χ1v) is 5.00. The van der Waals surface area contributed by atoms with Crippen LogP contribution in [0, 0.1) is 0 Å². The Balaban J connectivity index is 2.70. The number of ether oxygens (including phenoxy) is 1. The highest BCUT2D eigenvalue weighted by atomic mass is 32.1. The standard InChI is InChI=1S/C9H18N2OS/c1-7(8(10)13)11-4-5-12-6-9(11,2)3/h7H,4-6H2,1-3H3,(H2,10,13). The fraction of sp³-hybridized carbons (Fsp3) is 0.889. The summed E-state index contributed by atoms with van der Waals surface area (Å²) in [6.07, 6.45) is 0. The molecule has 0 aromatic heterocycles. The summed E-state index contributed by atoms with van der Waals surface area (Å²) in [6.45, 7) is 8.79. The normalized spacial score (nSPS) is 25.5. The third-order valence-electron chi connectivity index (χ3n) is 2.59. The van der Waals surface area contributed by atoms with E-state index in [4.69, 9.17) is 22.7 Å². The van der Waals surface area contributed by atoms with Gasteiger partial charge in [0.25, 0.3) is 0 Å². The van der Waals surface area contributed by atoms with E-state index < -0.39 is 0 Å². The zero-order chi connectivity index (χ0) is 10.1. The lowest BCUT2D eigenvalue weighted by atomic mass is 10.00. The molecule has 2 N–H and O–H groups in total. The first-order valence-electron chi connectivity index (χ1n) is 4.59. The van der Waals surface area contributed by atoms with Gasteiger partial charge in [-0.3, -0.25) is 4.90 Å². The van der Waals surface area contributed by atoms with Crippen molar-refractivity contribution >= 4 is 17.2 Å². The van der Waals surface area contributed by atoms with Gasteiger partial charge in [0.05, 0.1) is 24.2 Å². The summed E-state index contributed by atoms with van der Waals surface area (Å²) in [7, 11) is 0. The van der Waals surface area contributed by atoms with Crippen LogP contribution < -0.4 is 5.73 Å². The lowest BCUT2D eigenvalue weighted by Crippen LogP contribution is -2.59. The Hall–Kier alpha value is -0.190. The summed E-state index contributed by atoms with van der Waals surface area (Å²) in [5.74, 6) is 0. The molecule has 0 amide bonds. The van der Waals surface area contributed by atoms with Crippen molar-refractivity contribution in [2.24, 2.45) is 5.73 Å². The summed E-state index contributed by atoms with van der Waals surface area (Å²) in [5.41, 5.74) is 5.68. The van der Waals surface area contributed by atoms with Gasteiger partial charge in [0.15, 0.2) is 0 Å². The molecule has 1 aliphatic rings. The summed E-state index contributed by atoms with van der Waals surface area (Å²) >= 11 is 5.00. The molecule has 0 spiro atoms. The van der Waals surface area contributed by atoms with Crippen LogP contribution in [-0.2, 0) is 4.74 Å². The molecule has 1 fully saturated rings. The molecule has 1 atom stereocenters. The van der Waals surface area contributed by atoms with Gasteiger partial charge >= 0.3 is 0 Å². The van der Waals surface area contributed by atoms with E-state index in [2.05, 4.69) is 25.7 Å². The Morgan fingerprint density at radius 2 is 2.23 bits per heavy atom. The molecule has 3 nitrogen and oxygen atoms in total. The highest BCUT2D eigenvalue weighted by Gasteiger charge is 2.34. The van der Waals surface area contributed by atoms with Gasteiger partial charge in [-0.2, -0.15) is 0 Å². The number of thiocarbonyl (C=S) groups is 1. The average Bonchev–Trinajstić information content (AvgIpc) is 2.02. The summed E-state index contributed by atoms with van der Waals surface area (Å²) in [5, 5.41) is 0. The maximum atomic E-state index is 5.64. The molecule has 0 aromatic carbocycles. The second-order valence-corrected chi connectivity index (χ2v) is 4.61. The monoisotopic (exact) mass is 202 g/mol. The molecule has 1 heterocycles. The summed E-state index contributed by atoms with van der Waals surface area (Å²) in [6, 6.07) is 0.161. The topological polar surface area (TPSA) is 38.5 Å². The smallest absolute Gasteiger partial charge is 0.0899 e. The van der Waals surface area contributed by atoms with Crippen molar-refractivity contribution in [1.29, 1.82) is 0 Å². The van der Waals surface area contributed by atoms with Gasteiger partial charge in [-0.25, -0.2) is 0 Å². The average molecular weight is 202 g/mol. The Kier molecular flexibility index (Phi) is 3.27. The van der Waals surface area contributed by atoms with Crippen LogP contribution in [-0.4, -0.2) is 41.2 Å². The zero-order valence-electron chi connectivity index (χ0n) is 8.54. The number of morpholine rings is 1. The van der Waals surface area contributed by atoms with Gasteiger partial charge in [-0.1, -0.05) is 12.2 Å². The van der Waals surface area contributed by atoms with E-state index in [1.807, 2.05) is 0 Å². The molecule has 1 aliphatic heterocycles. The van der Waals surface area contributed by atoms with Crippen molar-refractivity contribution < 1.29 is 4.74 Å². The van der Waals surface area contributed by atoms with Crippen LogP contribution in [0.5, 0.6) is 0 Å². The molecule has 0 aliphatic carbocycles. The Morgan fingerprint density at radius 1 is 1.62 bits per heavy atom. The number of nitrogens with zero attached hydrogens (tertiary/aromatic N) is 1. The Labute approximate surface area is 85.2 Å². The Bertz CT molecular complexity index is 206. The van der Waals surface area contributed by atoms with Crippen LogP contribution in [0.15, 0.2) is 0 Å². The van der Waals surface area contributed by atoms with Gasteiger partial charge in [0.1, 0.15) is 0 Å². The van der Waals surface area contributed by atoms with Crippen LogP contribution in [0.1, 0.15) is 20.8 Å². The molecular weight excluding hydrogens is 184 g/mol. The van der Waals surface area contributed by atoms with Crippen molar-refractivity contribution in [3.8, 4) is 0 Å². The van der Waals surface area contributed by atoms with E-state index in [0.717, 1.165) is 19.8 Å². The minimum Gasteiger partial charge on any atom is -0.392 e. The molecule has 1 rings (SSSR count). The van der Waals surface area contributed by atoms with Crippen LogP contribution in [0.3, 0.4) is 0 Å². The van der Waals surface area contributed by atoms with Crippen molar-refractivity contribution in [1.82, 2.24) is 4.90 Å². The second kappa shape index (κ2) is 3.90. The number of nitrogens with two attached hydrogens (primary N) is 1. The van der Waals surface area contributed by atoms with Gasteiger partial charge < -0.3 is 10.5 Å². The minimum absolute atomic E-state index is 0.0428. The van der Waals surface area contributed by atoms with Crippen molar-refractivity contribution in [3.05, 3.63) is 0 Å². The van der Waals surface area contributed by atoms with E-state index in [0.29, 0.717) is 4.99 Å². The van der Waals surface area contributed by atoms with E-state index >= 15 is 0 Å². The molecule has 76 valence electrons. The van der Waals surface area contributed by atoms with Crippen LogP contribution >= 0.6 is 12.2 Å². The maximum Gasteiger partial charge on any atom is 0.0899 e. The first kappa shape index (κ1) is 10.9. The first-order chi connectivity index (χ1) is 5.95. The predicted octanol–water partition coefficient (Wildman–Crippen LogP) is 0.772. The molecule has 0 aromatic rings.